The van der Waals surface area contributed by atoms with Gasteiger partial charge in [0.05, 0.1) is 5.56 Å². The number of nitrogens with zero attached hydrogens (tertiary/aromatic N) is 1. The predicted molar refractivity (Wildman–Crippen MR) is 61.0 cm³/mol. The van der Waals surface area contributed by atoms with E-state index in [1.54, 1.807) is 0 Å². The monoisotopic (exact) mass is 256 g/mol. The van der Waals surface area contributed by atoms with E-state index in [0.717, 1.165) is 32.0 Å². The van der Waals surface area contributed by atoms with Gasteiger partial charge in [-0.15, -0.1) is 0 Å². The highest BCUT2D eigenvalue weighted by Crippen LogP contribution is 2.49. The van der Waals surface area contributed by atoms with Crippen molar-refractivity contribution >= 4 is 0 Å². The quantitative estimate of drug-likeness (QED) is 0.880. The smallest absolute Gasteiger partial charge is 0.316 e. The fourth-order valence-electron chi connectivity index (χ4n) is 3.14. The average molecular weight is 256 g/mol. The van der Waals surface area contributed by atoms with Crippen molar-refractivity contribution in [3.05, 3.63) is 29.6 Å². The van der Waals surface area contributed by atoms with Crippen molar-refractivity contribution in [1.82, 2.24) is 10.3 Å². The van der Waals surface area contributed by atoms with Crippen molar-refractivity contribution in [1.29, 1.82) is 0 Å². The second-order valence-electron chi connectivity index (χ2n) is 5.62. The topological polar surface area (TPSA) is 24.9 Å². The van der Waals surface area contributed by atoms with Crippen LogP contribution in [0.3, 0.4) is 0 Å². The molecule has 0 atom stereocenters. The zero-order valence-electron chi connectivity index (χ0n) is 9.93. The summed E-state index contributed by atoms with van der Waals surface area (Å²) in [5.74, 6) is 0.503. The van der Waals surface area contributed by atoms with E-state index in [1.165, 1.54) is 12.3 Å². The highest BCUT2D eigenvalue weighted by Gasteiger charge is 2.48. The summed E-state index contributed by atoms with van der Waals surface area (Å²) in [7, 11) is 0. The Morgan fingerprint density at radius 1 is 1.33 bits per heavy atom. The standard InChI is InChI=1S/C13H15F3N2/c14-13(15,16)10-1-2-18-11(4-10)3-9-5-12(6-9)7-17-8-12/h1-2,4,9,17H,3,5-8H2. The van der Waals surface area contributed by atoms with E-state index in [0.29, 0.717) is 23.4 Å². The minimum atomic E-state index is -4.27. The molecular weight excluding hydrogens is 241 g/mol. The lowest BCUT2D eigenvalue weighted by Crippen LogP contribution is -2.60. The molecule has 1 saturated heterocycles. The second kappa shape index (κ2) is 3.95. The van der Waals surface area contributed by atoms with Gasteiger partial charge in [-0.05, 0) is 42.7 Å². The van der Waals surface area contributed by atoms with Gasteiger partial charge < -0.3 is 5.32 Å². The molecule has 3 rings (SSSR count). The number of aromatic nitrogens is 1. The van der Waals surface area contributed by atoms with Gasteiger partial charge in [0.2, 0.25) is 0 Å². The van der Waals surface area contributed by atoms with E-state index in [4.69, 9.17) is 0 Å². The van der Waals surface area contributed by atoms with Crippen molar-refractivity contribution in [2.45, 2.75) is 25.4 Å². The lowest BCUT2D eigenvalue weighted by Gasteiger charge is -2.54. The first-order valence-electron chi connectivity index (χ1n) is 6.20. The van der Waals surface area contributed by atoms with Crippen LogP contribution in [0.15, 0.2) is 18.3 Å². The van der Waals surface area contributed by atoms with Crippen molar-refractivity contribution in [3.63, 3.8) is 0 Å². The van der Waals surface area contributed by atoms with Gasteiger partial charge in [-0.3, -0.25) is 4.98 Å². The van der Waals surface area contributed by atoms with Gasteiger partial charge in [0.1, 0.15) is 0 Å². The molecule has 0 bridgehead atoms. The lowest BCUT2D eigenvalue weighted by atomic mass is 9.57. The SMILES string of the molecule is FC(F)(F)c1ccnc(CC2CC3(CNC3)C2)c1. The van der Waals surface area contributed by atoms with Crippen molar-refractivity contribution in [3.8, 4) is 0 Å². The van der Waals surface area contributed by atoms with Gasteiger partial charge in [-0.2, -0.15) is 13.2 Å². The van der Waals surface area contributed by atoms with Gasteiger partial charge in [0, 0.05) is 25.0 Å². The molecule has 98 valence electrons. The van der Waals surface area contributed by atoms with Crippen molar-refractivity contribution in [2.24, 2.45) is 11.3 Å². The number of alkyl halides is 3. The van der Waals surface area contributed by atoms with Gasteiger partial charge in [0.25, 0.3) is 0 Å². The van der Waals surface area contributed by atoms with Gasteiger partial charge >= 0.3 is 6.18 Å². The van der Waals surface area contributed by atoms with Gasteiger partial charge in [-0.1, -0.05) is 0 Å². The molecule has 1 aliphatic carbocycles. The van der Waals surface area contributed by atoms with Crippen LogP contribution in [0.1, 0.15) is 24.1 Å². The summed E-state index contributed by atoms with van der Waals surface area (Å²) in [5, 5.41) is 3.25. The Bertz CT molecular complexity index is 444. The highest BCUT2D eigenvalue weighted by atomic mass is 19.4. The molecule has 5 heteroatoms. The van der Waals surface area contributed by atoms with Crippen LogP contribution < -0.4 is 5.32 Å². The molecule has 2 nitrogen and oxygen atoms in total. The Kier molecular flexibility index (Phi) is 2.62. The van der Waals surface area contributed by atoms with Gasteiger partial charge in [-0.25, -0.2) is 0 Å². The molecular formula is C13H15F3N2. The van der Waals surface area contributed by atoms with E-state index < -0.39 is 11.7 Å². The molecule has 2 heterocycles. The molecule has 0 aromatic carbocycles. The molecule has 18 heavy (non-hydrogen) atoms. The maximum atomic E-state index is 12.6. The average Bonchev–Trinajstić information content (AvgIpc) is 2.19. The van der Waals surface area contributed by atoms with Crippen LogP contribution in [0.4, 0.5) is 13.2 Å². The van der Waals surface area contributed by atoms with E-state index in [2.05, 4.69) is 10.3 Å². The van der Waals surface area contributed by atoms with E-state index >= 15 is 0 Å². The van der Waals surface area contributed by atoms with E-state index in [9.17, 15) is 13.2 Å². The summed E-state index contributed by atoms with van der Waals surface area (Å²) in [6.45, 7) is 2.14. The number of rotatable bonds is 2. The van der Waals surface area contributed by atoms with Crippen LogP contribution >= 0.6 is 0 Å². The van der Waals surface area contributed by atoms with Crippen molar-refractivity contribution < 1.29 is 13.2 Å². The molecule has 1 aromatic rings. The first kappa shape index (κ1) is 12.0. The summed E-state index contributed by atoms with van der Waals surface area (Å²) in [6.07, 6.45) is -0.0879. The van der Waals surface area contributed by atoms with E-state index in [1.807, 2.05) is 0 Å². The third-order valence-corrected chi connectivity index (χ3v) is 4.09. The Morgan fingerprint density at radius 2 is 2.06 bits per heavy atom. The zero-order chi connectivity index (χ0) is 12.8. The Balaban J connectivity index is 1.63. The van der Waals surface area contributed by atoms with Crippen LogP contribution in [0, 0.1) is 11.3 Å². The predicted octanol–water partition coefficient (Wildman–Crippen LogP) is 2.64. The highest BCUT2D eigenvalue weighted by molar-refractivity contribution is 5.20. The molecule has 0 unspecified atom stereocenters. The minimum absolute atomic E-state index is 0.465. The third kappa shape index (κ3) is 2.11. The number of hydrogen-bond donors (Lipinski definition) is 1. The molecule has 2 aliphatic rings. The van der Waals surface area contributed by atoms with Crippen LogP contribution in [0.25, 0.3) is 0 Å². The van der Waals surface area contributed by atoms with Crippen LogP contribution in [-0.2, 0) is 12.6 Å². The molecule has 1 aliphatic heterocycles. The third-order valence-electron chi connectivity index (χ3n) is 4.09. The van der Waals surface area contributed by atoms with Crippen molar-refractivity contribution in [2.75, 3.05) is 13.1 Å². The number of nitrogens with one attached hydrogen (secondary N) is 1. The largest absolute Gasteiger partial charge is 0.416 e. The minimum Gasteiger partial charge on any atom is -0.316 e. The summed E-state index contributed by atoms with van der Waals surface area (Å²) >= 11 is 0. The number of pyridine rings is 1. The number of halogens is 3. The summed E-state index contributed by atoms with van der Waals surface area (Å²) < 4.78 is 37.7. The lowest BCUT2D eigenvalue weighted by molar-refractivity contribution is -0.137. The fourth-order valence-corrected chi connectivity index (χ4v) is 3.14. The van der Waals surface area contributed by atoms with Gasteiger partial charge in [0.15, 0.2) is 0 Å². The molecule has 1 aromatic heterocycles. The molecule has 0 amide bonds. The van der Waals surface area contributed by atoms with Crippen LogP contribution in [-0.4, -0.2) is 18.1 Å². The maximum absolute atomic E-state index is 12.6. The molecule has 2 fully saturated rings. The molecule has 0 radical (unpaired) electrons. The summed E-state index contributed by atoms with van der Waals surface area (Å²) in [6, 6.07) is 2.21. The number of hydrogen-bond acceptors (Lipinski definition) is 2. The summed E-state index contributed by atoms with van der Waals surface area (Å²) in [4.78, 5) is 4.05. The van der Waals surface area contributed by atoms with Crippen LogP contribution in [0.5, 0.6) is 0 Å². The first-order chi connectivity index (χ1) is 8.47. The molecule has 1 N–H and O–H groups in total. The normalized spacial score (nSPS) is 22.6. The second-order valence-corrected chi connectivity index (χ2v) is 5.62. The molecule has 1 spiro atoms. The fraction of sp³-hybridized carbons (Fsp3) is 0.615. The first-order valence-corrected chi connectivity index (χ1v) is 6.20. The zero-order valence-corrected chi connectivity index (χ0v) is 9.93. The van der Waals surface area contributed by atoms with Crippen LogP contribution in [0.2, 0.25) is 0 Å². The summed E-state index contributed by atoms with van der Waals surface area (Å²) in [5.41, 5.74) is 0.440. The Morgan fingerprint density at radius 3 is 2.61 bits per heavy atom. The molecule has 1 saturated carbocycles. The van der Waals surface area contributed by atoms with E-state index in [-0.39, 0.29) is 0 Å². The maximum Gasteiger partial charge on any atom is 0.416 e. The Hall–Kier alpha value is -1.10. The Labute approximate surface area is 104 Å².